The maximum atomic E-state index is 13.4. The topological polar surface area (TPSA) is 57.6 Å². The molecule has 1 aliphatic heterocycles. The van der Waals surface area contributed by atoms with Crippen LogP contribution >= 0.6 is 0 Å². The summed E-state index contributed by atoms with van der Waals surface area (Å²) in [5.41, 5.74) is -0.572. The summed E-state index contributed by atoms with van der Waals surface area (Å²) < 4.78 is 39.1. The van der Waals surface area contributed by atoms with Gasteiger partial charge in [0.1, 0.15) is 5.82 Å². The highest BCUT2D eigenvalue weighted by atomic mass is 32.2. The van der Waals surface area contributed by atoms with E-state index < -0.39 is 21.4 Å². The van der Waals surface area contributed by atoms with E-state index in [0.29, 0.717) is 5.56 Å². The van der Waals surface area contributed by atoms with Crippen LogP contribution in [0, 0.1) is 18.7 Å². The molecule has 0 unspecified atom stereocenters. The lowest BCUT2D eigenvalue weighted by atomic mass is 9.85. The Labute approximate surface area is 112 Å². The van der Waals surface area contributed by atoms with Gasteiger partial charge in [-0.2, -0.15) is 4.31 Å². The lowest BCUT2D eigenvalue weighted by Crippen LogP contribution is -2.65. The van der Waals surface area contributed by atoms with Gasteiger partial charge in [-0.05, 0) is 30.5 Å². The van der Waals surface area contributed by atoms with Gasteiger partial charge >= 0.3 is 0 Å². The Balaban J connectivity index is 2.23. The first-order valence-electron chi connectivity index (χ1n) is 6.15. The van der Waals surface area contributed by atoms with Crippen molar-refractivity contribution in [3.05, 3.63) is 29.6 Å². The minimum Gasteiger partial charge on any atom is -0.387 e. The molecule has 4 nitrogen and oxygen atoms in total. The van der Waals surface area contributed by atoms with E-state index >= 15 is 0 Å². The predicted octanol–water partition coefficient (Wildman–Crippen LogP) is 1.53. The highest BCUT2D eigenvalue weighted by Crippen LogP contribution is 2.33. The van der Waals surface area contributed by atoms with Gasteiger partial charge in [0.05, 0.1) is 10.5 Å². The van der Waals surface area contributed by atoms with Gasteiger partial charge in [-0.1, -0.05) is 19.9 Å². The molecule has 1 aliphatic rings. The molecule has 1 saturated heterocycles. The van der Waals surface area contributed by atoms with Crippen LogP contribution < -0.4 is 0 Å². The Morgan fingerprint density at radius 2 is 1.95 bits per heavy atom. The average molecular weight is 287 g/mol. The normalized spacial score (nSPS) is 19.5. The first-order valence-corrected chi connectivity index (χ1v) is 7.59. The van der Waals surface area contributed by atoms with E-state index in [9.17, 15) is 17.9 Å². The summed E-state index contributed by atoms with van der Waals surface area (Å²) in [5.74, 6) is -0.561. The Hall–Kier alpha value is -0.980. The van der Waals surface area contributed by atoms with Gasteiger partial charge in [-0.3, -0.25) is 0 Å². The maximum absolute atomic E-state index is 13.4. The van der Waals surface area contributed by atoms with Crippen molar-refractivity contribution in [2.75, 3.05) is 13.1 Å². The third-order valence-electron chi connectivity index (χ3n) is 3.76. The van der Waals surface area contributed by atoms with E-state index in [4.69, 9.17) is 0 Å². The SMILES string of the molecule is Cc1ccc(S(=O)(=O)N2CC(O)(C(C)C)C2)cc1F. The fourth-order valence-electron chi connectivity index (χ4n) is 1.98. The Kier molecular flexibility index (Phi) is 3.45. The largest absolute Gasteiger partial charge is 0.387 e. The number of halogens is 1. The summed E-state index contributed by atoms with van der Waals surface area (Å²) >= 11 is 0. The molecule has 6 heteroatoms. The third-order valence-corrected chi connectivity index (χ3v) is 5.54. The molecule has 0 spiro atoms. The Morgan fingerprint density at radius 3 is 2.42 bits per heavy atom. The van der Waals surface area contributed by atoms with Crippen molar-refractivity contribution in [1.29, 1.82) is 0 Å². The van der Waals surface area contributed by atoms with E-state index in [2.05, 4.69) is 0 Å². The summed E-state index contributed by atoms with van der Waals surface area (Å²) in [7, 11) is -3.71. The molecule has 0 aliphatic carbocycles. The standard InChI is InChI=1S/C13H18FNO3S/c1-9(2)13(16)7-15(8-13)19(17,18)11-5-4-10(3)12(14)6-11/h4-6,9,16H,7-8H2,1-3H3. The van der Waals surface area contributed by atoms with Gasteiger partial charge < -0.3 is 5.11 Å². The van der Waals surface area contributed by atoms with Gasteiger partial charge in [0.25, 0.3) is 0 Å². The number of hydrogen-bond donors (Lipinski definition) is 1. The van der Waals surface area contributed by atoms with Crippen LogP contribution in [0.5, 0.6) is 0 Å². The van der Waals surface area contributed by atoms with E-state index in [-0.39, 0.29) is 23.9 Å². The molecule has 0 aromatic heterocycles. The summed E-state index contributed by atoms with van der Waals surface area (Å²) in [6, 6.07) is 3.86. The smallest absolute Gasteiger partial charge is 0.243 e. The van der Waals surface area contributed by atoms with Crippen LogP contribution in [0.3, 0.4) is 0 Å². The molecule has 1 heterocycles. The Morgan fingerprint density at radius 1 is 1.37 bits per heavy atom. The van der Waals surface area contributed by atoms with Crippen molar-refractivity contribution in [2.24, 2.45) is 5.92 Å². The third kappa shape index (κ3) is 2.40. The highest BCUT2D eigenvalue weighted by molar-refractivity contribution is 7.89. The second-order valence-corrected chi connectivity index (χ2v) is 7.38. The quantitative estimate of drug-likeness (QED) is 0.917. The van der Waals surface area contributed by atoms with Gasteiger partial charge in [0.2, 0.25) is 10.0 Å². The van der Waals surface area contributed by atoms with Crippen LogP contribution in [0.2, 0.25) is 0 Å². The van der Waals surface area contributed by atoms with Crippen molar-refractivity contribution in [3.8, 4) is 0 Å². The number of aliphatic hydroxyl groups is 1. The fourth-order valence-corrected chi connectivity index (χ4v) is 3.56. The van der Waals surface area contributed by atoms with Gasteiger partial charge in [-0.15, -0.1) is 0 Å². The van der Waals surface area contributed by atoms with Crippen molar-refractivity contribution in [1.82, 2.24) is 4.31 Å². The van der Waals surface area contributed by atoms with Crippen molar-refractivity contribution >= 4 is 10.0 Å². The molecule has 0 atom stereocenters. The second-order valence-electron chi connectivity index (χ2n) is 5.44. The van der Waals surface area contributed by atoms with Gasteiger partial charge in [0, 0.05) is 13.1 Å². The number of rotatable bonds is 3. The van der Waals surface area contributed by atoms with Crippen LogP contribution in [0.15, 0.2) is 23.1 Å². The lowest BCUT2D eigenvalue weighted by Gasteiger charge is -2.47. The van der Waals surface area contributed by atoms with Crippen LogP contribution in [-0.4, -0.2) is 36.5 Å². The molecule has 19 heavy (non-hydrogen) atoms. The van der Waals surface area contributed by atoms with E-state index in [1.54, 1.807) is 6.92 Å². The summed E-state index contributed by atoms with van der Waals surface area (Å²) in [4.78, 5) is -0.0681. The molecule has 0 bridgehead atoms. The highest BCUT2D eigenvalue weighted by Gasteiger charge is 2.49. The minimum atomic E-state index is -3.71. The second kappa shape index (κ2) is 4.54. The molecule has 1 N–H and O–H groups in total. The first kappa shape index (κ1) is 14.4. The number of sulfonamides is 1. The molecule has 106 valence electrons. The zero-order valence-corrected chi connectivity index (χ0v) is 12.0. The Bertz CT molecular complexity index is 592. The van der Waals surface area contributed by atoms with E-state index in [0.717, 1.165) is 6.07 Å². The van der Waals surface area contributed by atoms with E-state index in [1.807, 2.05) is 13.8 Å². The van der Waals surface area contributed by atoms with Gasteiger partial charge in [-0.25, -0.2) is 12.8 Å². The zero-order chi connectivity index (χ0) is 14.4. The molecule has 1 fully saturated rings. The summed E-state index contributed by atoms with van der Waals surface area (Å²) in [6.07, 6.45) is 0. The number of nitrogens with zero attached hydrogens (tertiary/aromatic N) is 1. The molecule has 0 radical (unpaired) electrons. The molecular formula is C13H18FNO3S. The van der Waals surface area contributed by atoms with E-state index in [1.165, 1.54) is 16.4 Å². The summed E-state index contributed by atoms with van der Waals surface area (Å²) in [5, 5.41) is 10.1. The number of hydrogen-bond acceptors (Lipinski definition) is 3. The molecule has 0 amide bonds. The molecule has 0 saturated carbocycles. The van der Waals surface area contributed by atoms with Crippen molar-refractivity contribution in [2.45, 2.75) is 31.3 Å². The minimum absolute atomic E-state index is 0.0197. The van der Waals surface area contributed by atoms with Crippen LogP contribution in [0.4, 0.5) is 4.39 Å². The van der Waals surface area contributed by atoms with Crippen LogP contribution in [-0.2, 0) is 10.0 Å². The maximum Gasteiger partial charge on any atom is 0.243 e. The van der Waals surface area contributed by atoms with Crippen molar-refractivity contribution in [3.63, 3.8) is 0 Å². The summed E-state index contributed by atoms with van der Waals surface area (Å²) in [6.45, 7) is 5.38. The number of benzene rings is 1. The van der Waals surface area contributed by atoms with Crippen molar-refractivity contribution < 1.29 is 17.9 Å². The fraction of sp³-hybridized carbons (Fsp3) is 0.538. The molecule has 1 aromatic carbocycles. The molecule has 1 aromatic rings. The monoisotopic (exact) mass is 287 g/mol. The molecular weight excluding hydrogens is 269 g/mol. The average Bonchev–Trinajstić information content (AvgIpc) is 2.27. The number of aryl methyl sites for hydroxylation is 1. The first-order chi connectivity index (χ1) is 8.67. The lowest BCUT2D eigenvalue weighted by molar-refractivity contribution is -0.0932. The van der Waals surface area contributed by atoms with Crippen LogP contribution in [0.1, 0.15) is 19.4 Å². The zero-order valence-electron chi connectivity index (χ0n) is 11.2. The van der Waals surface area contributed by atoms with Gasteiger partial charge in [0.15, 0.2) is 0 Å². The molecule has 2 rings (SSSR count). The van der Waals surface area contributed by atoms with Crippen LogP contribution in [0.25, 0.3) is 0 Å². The number of β-amino-alcohol motifs (C(OH)–C–C–N with tert-alkyl or cyclic N) is 1. The predicted molar refractivity (Wildman–Crippen MR) is 69.7 cm³/mol.